The summed E-state index contributed by atoms with van der Waals surface area (Å²) in [7, 11) is 6.31. The summed E-state index contributed by atoms with van der Waals surface area (Å²) in [6, 6.07) is 8.16. The minimum absolute atomic E-state index is 0.210. The predicted octanol–water partition coefficient (Wildman–Crippen LogP) is 1.07. The number of methoxy groups -OCH3 is 2. The maximum Gasteiger partial charge on any atom is 0.274 e. The first kappa shape index (κ1) is 16.5. The van der Waals surface area contributed by atoms with Crippen molar-refractivity contribution in [2.24, 2.45) is 7.05 Å². The lowest BCUT2D eigenvalue weighted by Crippen LogP contribution is -2.30. The third-order valence-electron chi connectivity index (χ3n) is 3.43. The molecule has 0 N–H and O–H groups in total. The molecule has 0 radical (unpaired) electrons. The summed E-state index contributed by atoms with van der Waals surface area (Å²) in [6.45, 7) is 0.344. The number of hydrogen-bond donors (Lipinski definition) is 0. The van der Waals surface area contributed by atoms with E-state index in [4.69, 9.17) is 9.47 Å². The highest BCUT2D eigenvalue weighted by Gasteiger charge is 2.16. The van der Waals surface area contributed by atoms with Gasteiger partial charge in [-0.3, -0.25) is 9.59 Å². The highest BCUT2D eigenvalue weighted by atomic mass is 16.5. The summed E-state index contributed by atoms with van der Waals surface area (Å²) in [5.41, 5.74) is 0.789. The number of benzene rings is 1. The average molecular weight is 317 g/mol. The van der Waals surface area contributed by atoms with Gasteiger partial charge in [-0.15, -0.1) is 0 Å². The molecule has 0 atom stereocenters. The molecule has 0 saturated heterocycles. The van der Waals surface area contributed by atoms with Crippen molar-refractivity contribution in [3.8, 4) is 11.5 Å². The van der Waals surface area contributed by atoms with Crippen LogP contribution in [-0.4, -0.2) is 41.9 Å². The van der Waals surface area contributed by atoms with Gasteiger partial charge in [0.15, 0.2) is 0 Å². The van der Waals surface area contributed by atoms with Crippen LogP contribution in [0.3, 0.4) is 0 Å². The Bertz CT molecular complexity index is 770. The SMILES string of the molecule is COc1ccc(CN(C)C(=O)c2ccc(=O)n(C)n2)c(OC)c1. The molecule has 0 saturated carbocycles. The van der Waals surface area contributed by atoms with E-state index < -0.39 is 0 Å². The third kappa shape index (κ3) is 3.68. The molecule has 122 valence electrons. The molecule has 1 amide bonds. The summed E-state index contributed by atoms with van der Waals surface area (Å²) in [5.74, 6) is 1.04. The first-order valence-electron chi connectivity index (χ1n) is 6.97. The molecule has 2 aromatic rings. The summed E-state index contributed by atoms with van der Waals surface area (Å²) in [4.78, 5) is 25.3. The van der Waals surface area contributed by atoms with Crippen LogP contribution in [0.5, 0.6) is 11.5 Å². The summed E-state index contributed by atoms with van der Waals surface area (Å²) in [6.07, 6.45) is 0. The van der Waals surface area contributed by atoms with Crippen LogP contribution in [0.25, 0.3) is 0 Å². The zero-order chi connectivity index (χ0) is 17.0. The van der Waals surface area contributed by atoms with Crippen molar-refractivity contribution in [3.63, 3.8) is 0 Å². The number of nitrogens with zero attached hydrogens (tertiary/aromatic N) is 3. The number of aromatic nitrogens is 2. The molecule has 7 heteroatoms. The summed E-state index contributed by atoms with van der Waals surface area (Å²) in [5, 5.41) is 3.97. The van der Waals surface area contributed by atoms with E-state index in [0.717, 1.165) is 10.2 Å². The van der Waals surface area contributed by atoms with Crippen LogP contribution in [-0.2, 0) is 13.6 Å². The fourth-order valence-corrected chi connectivity index (χ4v) is 2.12. The zero-order valence-electron chi connectivity index (χ0n) is 13.6. The van der Waals surface area contributed by atoms with Gasteiger partial charge in [0.1, 0.15) is 17.2 Å². The Kier molecular flexibility index (Phi) is 5.00. The lowest BCUT2D eigenvalue weighted by atomic mass is 10.1. The van der Waals surface area contributed by atoms with Crippen LogP contribution in [0.4, 0.5) is 0 Å². The van der Waals surface area contributed by atoms with Gasteiger partial charge in [0, 0.05) is 38.3 Å². The zero-order valence-corrected chi connectivity index (χ0v) is 13.6. The van der Waals surface area contributed by atoms with Crippen molar-refractivity contribution < 1.29 is 14.3 Å². The quantitative estimate of drug-likeness (QED) is 0.825. The molecule has 0 aliphatic heterocycles. The number of carbonyl (C=O) groups excluding carboxylic acids is 1. The molecule has 1 heterocycles. The van der Waals surface area contributed by atoms with Gasteiger partial charge < -0.3 is 14.4 Å². The Morgan fingerprint density at radius 1 is 1.22 bits per heavy atom. The minimum atomic E-state index is -0.279. The molecule has 7 nitrogen and oxygen atoms in total. The highest BCUT2D eigenvalue weighted by molar-refractivity contribution is 5.91. The van der Waals surface area contributed by atoms with Gasteiger partial charge in [-0.2, -0.15) is 5.10 Å². The third-order valence-corrected chi connectivity index (χ3v) is 3.43. The standard InChI is InChI=1S/C16H19N3O4/c1-18(16(21)13-7-8-15(20)19(2)17-13)10-11-5-6-12(22-3)9-14(11)23-4/h5-9H,10H2,1-4H3. The Labute approximate surface area is 134 Å². The molecular formula is C16H19N3O4. The Balaban J connectivity index is 2.21. The number of hydrogen-bond acceptors (Lipinski definition) is 5. The van der Waals surface area contributed by atoms with Crippen molar-refractivity contribution in [3.05, 3.63) is 51.9 Å². The van der Waals surface area contributed by atoms with E-state index in [1.165, 1.54) is 24.1 Å². The maximum absolute atomic E-state index is 12.4. The molecule has 0 spiro atoms. The second-order valence-electron chi connectivity index (χ2n) is 5.02. The molecule has 0 aliphatic carbocycles. The van der Waals surface area contributed by atoms with Crippen LogP contribution in [0.2, 0.25) is 0 Å². The van der Waals surface area contributed by atoms with Crippen LogP contribution in [0, 0.1) is 0 Å². The van der Waals surface area contributed by atoms with Gasteiger partial charge in [-0.05, 0) is 18.2 Å². The van der Waals surface area contributed by atoms with Gasteiger partial charge >= 0.3 is 0 Å². The maximum atomic E-state index is 12.4. The molecule has 1 aromatic carbocycles. The smallest absolute Gasteiger partial charge is 0.274 e. The summed E-state index contributed by atoms with van der Waals surface area (Å²) >= 11 is 0. The van der Waals surface area contributed by atoms with E-state index in [9.17, 15) is 9.59 Å². The average Bonchev–Trinajstić information content (AvgIpc) is 2.56. The van der Waals surface area contributed by atoms with Crippen molar-refractivity contribution in [2.45, 2.75) is 6.54 Å². The number of rotatable bonds is 5. The molecule has 0 bridgehead atoms. The molecule has 0 unspecified atom stereocenters. The van der Waals surface area contributed by atoms with Crippen LogP contribution in [0.15, 0.2) is 35.1 Å². The number of aryl methyl sites for hydroxylation is 1. The Morgan fingerprint density at radius 3 is 2.57 bits per heavy atom. The van der Waals surface area contributed by atoms with Crippen LogP contribution >= 0.6 is 0 Å². The first-order valence-corrected chi connectivity index (χ1v) is 6.97. The van der Waals surface area contributed by atoms with E-state index in [1.807, 2.05) is 6.07 Å². The monoisotopic (exact) mass is 317 g/mol. The van der Waals surface area contributed by atoms with E-state index >= 15 is 0 Å². The summed E-state index contributed by atoms with van der Waals surface area (Å²) < 4.78 is 11.6. The van der Waals surface area contributed by atoms with Crippen molar-refractivity contribution in [1.82, 2.24) is 14.7 Å². The molecule has 23 heavy (non-hydrogen) atoms. The van der Waals surface area contributed by atoms with Gasteiger partial charge in [0.25, 0.3) is 11.5 Å². The van der Waals surface area contributed by atoms with Gasteiger partial charge in [-0.1, -0.05) is 0 Å². The van der Waals surface area contributed by atoms with Gasteiger partial charge in [-0.25, -0.2) is 4.68 Å². The lowest BCUT2D eigenvalue weighted by molar-refractivity contribution is 0.0775. The largest absolute Gasteiger partial charge is 0.497 e. The second-order valence-corrected chi connectivity index (χ2v) is 5.02. The van der Waals surface area contributed by atoms with E-state index in [0.29, 0.717) is 18.0 Å². The Morgan fingerprint density at radius 2 is 1.96 bits per heavy atom. The number of carbonyl (C=O) groups is 1. The molecule has 1 aromatic heterocycles. The fraction of sp³-hybridized carbons (Fsp3) is 0.312. The normalized spacial score (nSPS) is 10.3. The molecular weight excluding hydrogens is 298 g/mol. The van der Waals surface area contributed by atoms with E-state index in [1.54, 1.807) is 33.4 Å². The highest BCUT2D eigenvalue weighted by Crippen LogP contribution is 2.25. The van der Waals surface area contributed by atoms with E-state index in [-0.39, 0.29) is 17.2 Å². The lowest BCUT2D eigenvalue weighted by Gasteiger charge is -2.19. The first-order chi connectivity index (χ1) is 11.0. The van der Waals surface area contributed by atoms with Gasteiger partial charge in [0.2, 0.25) is 0 Å². The van der Waals surface area contributed by atoms with Crippen LogP contribution in [0.1, 0.15) is 16.1 Å². The van der Waals surface area contributed by atoms with E-state index in [2.05, 4.69) is 5.10 Å². The van der Waals surface area contributed by atoms with Crippen molar-refractivity contribution in [1.29, 1.82) is 0 Å². The predicted molar refractivity (Wildman–Crippen MR) is 84.8 cm³/mol. The van der Waals surface area contributed by atoms with Crippen LogP contribution < -0.4 is 15.0 Å². The second kappa shape index (κ2) is 6.95. The molecule has 2 rings (SSSR count). The van der Waals surface area contributed by atoms with Crippen molar-refractivity contribution >= 4 is 5.91 Å². The molecule has 0 aliphatic rings. The number of ether oxygens (including phenoxy) is 2. The Hall–Kier alpha value is -2.83. The number of amides is 1. The van der Waals surface area contributed by atoms with Gasteiger partial charge in [0.05, 0.1) is 14.2 Å². The fourth-order valence-electron chi connectivity index (χ4n) is 2.12. The topological polar surface area (TPSA) is 73.7 Å². The van der Waals surface area contributed by atoms with Crippen molar-refractivity contribution in [2.75, 3.05) is 21.3 Å². The minimum Gasteiger partial charge on any atom is -0.497 e. The molecule has 0 fully saturated rings.